The van der Waals surface area contributed by atoms with Crippen LogP contribution in [-0.4, -0.2) is 45.1 Å². The van der Waals surface area contributed by atoms with Gasteiger partial charge in [-0.3, -0.25) is 14.9 Å². The van der Waals surface area contributed by atoms with E-state index in [-0.39, 0.29) is 36.2 Å². The van der Waals surface area contributed by atoms with E-state index in [0.29, 0.717) is 16.8 Å². The van der Waals surface area contributed by atoms with E-state index in [1.807, 2.05) is 31.2 Å². The number of carbonyl (C=O) groups excluding carboxylic acids is 2. The summed E-state index contributed by atoms with van der Waals surface area (Å²) in [6.45, 7) is 1.72. The van der Waals surface area contributed by atoms with Crippen molar-refractivity contribution in [1.29, 1.82) is 0 Å². The highest BCUT2D eigenvalue weighted by atomic mass is 19.1. The molecule has 9 nitrogen and oxygen atoms in total. The third kappa shape index (κ3) is 4.66. The number of rotatable bonds is 7. The lowest BCUT2D eigenvalue weighted by molar-refractivity contribution is -0.119. The molecule has 0 bridgehead atoms. The molecule has 3 heterocycles. The van der Waals surface area contributed by atoms with Gasteiger partial charge in [0.05, 0.1) is 11.6 Å². The SMILES string of the molecule is COCC(=O)Nc1nc2ccc(-c3ccc4[nH]cc(C(=O)NC(C)c5cccc(F)c5)c4c3)cn2n1. The summed E-state index contributed by atoms with van der Waals surface area (Å²) in [5, 5.41) is 10.6. The van der Waals surface area contributed by atoms with Crippen molar-refractivity contribution in [2.45, 2.75) is 13.0 Å². The van der Waals surface area contributed by atoms with E-state index < -0.39 is 0 Å². The molecule has 10 heteroatoms. The van der Waals surface area contributed by atoms with Crippen molar-refractivity contribution < 1.29 is 18.7 Å². The molecule has 3 aromatic heterocycles. The third-order valence-corrected chi connectivity index (χ3v) is 5.81. The number of anilines is 1. The number of aromatic nitrogens is 4. The molecule has 5 aromatic rings. The number of ether oxygens (including phenoxy) is 1. The molecule has 0 aliphatic heterocycles. The average Bonchev–Trinajstić information content (AvgIpc) is 3.46. The van der Waals surface area contributed by atoms with E-state index in [2.05, 4.69) is 25.7 Å². The number of nitrogens with one attached hydrogen (secondary N) is 3. The number of hydrogen-bond donors (Lipinski definition) is 3. The van der Waals surface area contributed by atoms with Crippen LogP contribution in [0, 0.1) is 5.82 Å². The summed E-state index contributed by atoms with van der Waals surface area (Å²) in [5.74, 6) is -0.775. The van der Waals surface area contributed by atoms with Crippen LogP contribution in [0.4, 0.5) is 10.3 Å². The Bertz CT molecular complexity index is 1590. The number of pyridine rings is 1. The van der Waals surface area contributed by atoms with Crippen molar-refractivity contribution in [1.82, 2.24) is 24.9 Å². The number of halogens is 1. The molecule has 1 unspecified atom stereocenters. The third-order valence-electron chi connectivity index (χ3n) is 5.81. The second kappa shape index (κ2) is 9.59. The van der Waals surface area contributed by atoms with Crippen LogP contribution in [0.25, 0.3) is 27.7 Å². The van der Waals surface area contributed by atoms with E-state index in [1.54, 1.807) is 35.1 Å². The van der Waals surface area contributed by atoms with Gasteiger partial charge in [0.1, 0.15) is 12.4 Å². The fourth-order valence-electron chi connectivity index (χ4n) is 4.02. The van der Waals surface area contributed by atoms with Gasteiger partial charge in [-0.25, -0.2) is 8.91 Å². The molecule has 1 atom stereocenters. The number of aromatic amines is 1. The minimum Gasteiger partial charge on any atom is -0.375 e. The smallest absolute Gasteiger partial charge is 0.253 e. The number of benzene rings is 2. The highest BCUT2D eigenvalue weighted by molar-refractivity contribution is 6.07. The highest BCUT2D eigenvalue weighted by Crippen LogP contribution is 2.27. The lowest BCUT2D eigenvalue weighted by Crippen LogP contribution is -2.26. The van der Waals surface area contributed by atoms with Crippen molar-refractivity contribution in [3.63, 3.8) is 0 Å². The molecule has 0 radical (unpaired) electrons. The largest absolute Gasteiger partial charge is 0.375 e. The summed E-state index contributed by atoms with van der Waals surface area (Å²) >= 11 is 0. The van der Waals surface area contributed by atoms with E-state index >= 15 is 0 Å². The van der Waals surface area contributed by atoms with Crippen LogP contribution in [0.2, 0.25) is 0 Å². The average molecular weight is 487 g/mol. The van der Waals surface area contributed by atoms with Gasteiger partial charge in [-0.2, -0.15) is 4.98 Å². The molecule has 36 heavy (non-hydrogen) atoms. The lowest BCUT2D eigenvalue weighted by atomic mass is 10.0. The standard InChI is InChI=1S/C26H23FN6O3/c1-15(16-4-3-5-19(27)10-16)29-25(35)21-12-28-22-8-6-17(11-20(21)22)18-7-9-23-30-26(32-33(23)13-18)31-24(34)14-36-2/h3-13,15,28H,14H2,1-2H3,(H,29,35)(H,31,32,34). The summed E-state index contributed by atoms with van der Waals surface area (Å²) in [4.78, 5) is 32.2. The molecular weight excluding hydrogens is 463 g/mol. The van der Waals surface area contributed by atoms with Crippen LogP contribution in [0.15, 0.2) is 67.0 Å². The van der Waals surface area contributed by atoms with Gasteiger partial charge in [0.15, 0.2) is 5.65 Å². The van der Waals surface area contributed by atoms with Crippen LogP contribution in [0.3, 0.4) is 0 Å². The molecule has 2 aromatic carbocycles. The predicted octanol–water partition coefficient (Wildman–Crippen LogP) is 4.09. The summed E-state index contributed by atoms with van der Waals surface area (Å²) in [7, 11) is 1.43. The first kappa shape index (κ1) is 23.2. The molecule has 0 aliphatic carbocycles. The Morgan fingerprint density at radius 2 is 1.97 bits per heavy atom. The first-order valence-corrected chi connectivity index (χ1v) is 11.2. The predicted molar refractivity (Wildman–Crippen MR) is 133 cm³/mol. The van der Waals surface area contributed by atoms with Crippen molar-refractivity contribution >= 4 is 34.3 Å². The Labute approximate surface area is 205 Å². The summed E-state index contributed by atoms with van der Waals surface area (Å²) in [6.07, 6.45) is 3.46. The molecule has 0 fully saturated rings. The normalized spacial score (nSPS) is 12.1. The van der Waals surface area contributed by atoms with Crippen molar-refractivity contribution in [3.05, 3.63) is 83.9 Å². The monoisotopic (exact) mass is 486 g/mol. The van der Waals surface area contributed by atoms with Gasteiger partial charge in [-0.15, -0.1) is 5.10 Å². The van der Waals surface area contributed by atoms with Gasteiger partial charge in [0.25, 0.3) is 11.8 Å². The number of nitrogens with zero attached hydrogens (tertiary/aromatic N) is 3. The zero-order chi connectivity index (χ0) is 25.2. The van der Waals surface area contributed by atoms with Crippen LogP contribution in [0.1, 0.15) is 28.9 Å². The Morgan fingerprint density at radius 3 is 2.78 bits per heavy atom. The molecule has 3 N–H and O–H groups in total. The molecule has 2 amide bonds. The van der Waals surface area contributed by atoms with Gasteiger partial charge in [0.2, 0.25) is 5.95 Å². The molecule has 0 aliphatic rings. The second-order valence-electron chi connectivity index (χ2n) is 8.35. The second-order valence-corrected chi connectivity index (χ2v) is 8.35. The Kier molecular flexibility index (Phi) is 6.17. The number of H-pyrrole nitrogens is 1. The van der Waals surface area contributed by atoms with Crippen molar-refractivity contribution in [2.24, 2.45) is 0 Å². The molecule has 182 valence electrons. The number of methoxy groups -OCH3 is 1. The van der Waals surface area contributed by atoms with E-state index in [1.165, 1.54) is 19.2 Å². The molecule has 5 rings (SSSR count). The zero-order valence-electron chi connectivity index (χ0n) is 19.6. The zero-order valence-corrected chi connectivity index (χ0v) is 19.6. The maximum Gasteiger partial charge on any atom is 0.253 e. The molecular formula is C26H23FN6O3. The molecule has 0 saturated carbocycles. The van der Waals surface area contributed by atoms with Crippen LogP contribution in [-0.2, 0) is 9.53 Å². The molecule has 0 spiro atoms. The minimum atomic E-state index is -0.366. The van der Waals surface area contributed by atoms with Crippen molar-refractivity contribution in [2.75, 3.05) is 19.0 Å². The van der Waals surface area contributed by atoms with Gasteiger partial charge < -0.3 is 15.0 Å². The minimum absolute atomic E-state index is 0.0889. The summed E-state index contributed by atoms with van der Waals surface area (Å²) < 4.78 is 20.0. The van der Waals surface area contributed by atoms with Gasteiger partial charge in [-0.1, -0.05) is 18.2 Å². The Balaban J connectivity index is 1.41. The topological polar surface area (TPSA) is 113 Å². The van der Waals surface area contributed by atoms with Crippen molar-refractivity contribution in [3.8, 4) is 11.1 Å². The van der Waals surface area contributed by atoms with Gasteiger partial charge in [0, 0.05) is 36.0 Å². The maximum atomic E-state index is 13.6. The van der Waals surface area contributed by atoms with E-state index in [9.17, 15) is 14.0 Å². The molecule has 0 saturated heterocycles. The maximum absolute atomic E-state index is 13.6. The van der Waals surface area contributed by atoms with E-state index in [0.717, 1.165) is 22.0 Å². The lowest BCUT2D eigenvalue weighted by Gasteiger charge is -2.14. The first-order chi connectivity index (χ1) is 17.4. The summed E-state index contributed by atoms with van der Waals surface area (Å²) in [5.41, 5.74) is 4.28. The van der Waals surface area contributed by atoms with Gasteiger partial charge >= 0.3 is 0 Å². The Morgan fingerprint density at radius 1 is 1.14 bits per heavy atom. The highest BCUT2D eigenvalue weighted by Gasteiger charge is 2.17. The number of carbonyl (C=O) groups is 2. The Hall–Kier alpha value is -4.57. The summed E-state index contributed by atoms with van der Waals surface area (Å²) in [6, 6.07) is 15.3. The number of amides is 2. The number of hydrogen-bond acceptors (Lipinski definition) is 5. The fourth-order valence-corrected chi connectivity index (χ4v) is 4.02. The van der Waals surface area contributed by atoms with Gasteiger partial charge in [-0.05, 0) is 54.4 Å². The van der Waals surface area contributed by atoms with E-state index in [4.69, 9.17) is 4.74 Å². The van der Waals surface area contributed by atoms with Crippen LogP contribution in [0.5, 0.6) is 0 Å². The quantitative estimate of drug-likeness (QED) is 0.321. The first-order valence-electron chi connectivity index (χ1n) is 11.2. The van der Waals surface area contributed by atoms with Crippen LogP contribution >= 0.6 is 0 Å². The fraction of sp³-hybridized carbons (Fsp3) is 0.154. The number of fused-ring (bicyclic) bond motifs is 2. The van der Waals surface area contributed by atoms with Crippen LogP contribution < -0.4 is 10.6 Å².